The normalized spacial score (nSPS) is 17.9. The molecule has 2 amide bonds. The molecule has 8 nitrogen and oxygen atoms in total. The van der Waals surface area contributed by atoms with E-state index in [2.05, 4.69) is 15.2 Å². The van der Waals surface area contributed by atoms with Crippen molar-refractivity contribution in [1.29, 1.82) is 0 Å². The lowest BCUT2D eigenvalue weighted by Gasteiger charge is -2.34. The van der Waals surface area contributed by atoms with Gasteiger partial charge in [-0.05, 0) is 55.2 Å². The number of hydrogen-bond donors (Lipinski definition) is 1. The van der Waals surface area contributed by atoms with Crippen molar-refractivity contribution in [3.63, 3.8) is 0 Å². The van der Waals surface area contributed by atoms with E-state index in [1.807, 2.05) is 12.1 Å². The van der Waals surface area contributed by atoms with Crippen LogP contribution in [-0.4, -0.2) is 67.9 Å². The Morgan fingerprint density at radius 3 is 2.47 bits per heavy atom. The van der Waals surface area contributed by atoms with Crippen LogP contribution in [0.1, 0.15) is 24.8 Å². The van der Waals surface area contributed by atoms with E-state index in [4.69, 9.17) is 11.6 Å². The van der Waals surface area contributed by atoms with E-state index in [0.717, 1.165) is 24.5 Å². The minimum atomic E-state index is -3.63. The van der Waals surface area contributed by atoms with E-state index in [1.165, 1.54) is 35.7 Å². The van der Waals surface area contributed by atoms with E-state index >= 15 is 0 Å². The van der Waals surface area contributed by atoms with E-state index in [0.29, 0.717) is 24.7 Å². The molecule has 0 bridgehead atoms. The molecule has 0 saturated carbocycles. The summed E-state index contributed by atoms with van der Waals surface area (Å²) < 4.78 is 27.1. The number of pyridine rings is 1. The molecular formula is C22H28ClN5O3S. The lowest BCUT2D eigenvalue weighted by atomic mass is 10.1. The lowest BCUT2D eigenvalue weighted by molar-refractivity contribution is 0.172. The number of carbonyl (C=O) groups excluding carboxylic acids is 1. The fourth-order valence-electron chi connectivity index (χ4n) is 4.06. The third-order valence-corrected chi connectivity index (χ3v) is 8.02. The van der Waals surface area contributed by atoms with Crippen molar-refractivity contribution in [2.45, 2.75) is 30.7 Å². The molecule has 1 N–H and O–H groups in total. The van der Waals surface area contributed by atoms with Crippen LogP contribution >= 0.6 is 11.6 Å². The van der Waals surface area contributed by atoms with Crippen molar-refractivity contribution in [3.8, 4) is 0 Å². The van der Waals surface area contributed by atoms with Gasteiger partial charge >= 0.3 is 6.03 Å². The molecule has 0 spiro atoms. The minimum Gasteiger partial charge on any atom is -0.357 e. The van der Waals surface area contributed by atoms with E-state index in [1.54, 1.807) is 23.2 Å². The van der Waals surface area contributed by atoms with Crippen LogP contribution in [0.15, 0.2) is 47.5 Å². The summed E-state index contributed by atoms with van der Waals surface area (Å²) in [5.41, 5.74) is 0.996. The number of carbonyl (C=O) groups is 1. The average Bonchev–Trinajstić information content (AvgIpc) is 2.83. The van der Waals surface area contributed by atoms with Crippen LogP contribution in [0.3, 0.4) is 0 Å². The standard InChI is InChI=1S/C22H28ClN5O3S/c23-19-5-4-6-20(16-19)32(30,31)28-13-11-27(12-14-28)22(29)25-17-18-7-8-24-21(15-18)26-9-2-1-3-10-26/h4-8,15-16H,1-3,9-14,17H2,(H,25,29). The summed E-state index contributed by atoms with van der Waals surface area (Å²) in [4.78, 5) is 21.2. The van der Waals surface area contributed by atoms with Crippen LogP contribution in [0, 0.1) is 0 Å². The number of rotatable bonds is 5. The first-order chi connectivity index (χ1) is 15.4. The van der Waals surface area contributed by atoms with Gasteiger partial charge in [0.05, 0.1) is 4.90 Å². The fourth-order valence-corrected chi connectivity index (χ4v) is 5.79. The van der Waals surface area contributed by atoms with Gasteiger partial charge in [0.1, 0.15) is 5.82 Å². The second kappa shape index (κ2) is 10.1. The van der Waals surface area contributed by atoms with Crippen LogP contribution in [0.2, 0.25) is 5.02 Å². The summed E-state index contributed by atoms with van der Waals surface area (Å²) in [5, 5.41) is 3.33. The molecular weight excluding hydrogens is 450 g/mol. The number of halogens is 1. The van der Waals surface area contributed by atoms with Crippen LogP contribution in [0.25, 0.3) is 0 Å². The molecule has 2 aliphatic heterocycles. The van der Waals surface area contributed by atoms with Gasteiger partial charge in [-0.2, -0.15) is 4.31 Å². The van der Waals surface area contributed by atoms with E-state index in [-0.39, 0.29) is 24.0 Å². The molecule has 0 aliphatic carbocycles. The average molecular weight is 478 g/mol. The maximum atomic E-state index is 12.8. The number of urea groups is 1. The molecule has 2 fully saturated rings. The Morgan fingerprint density at radius 1 is 1.00 bits per heavy atom. The minimum absolute atomic E-state index is 0.171. The van der Waals surface area contributed by atoms with E-state index < -0.39 is 10.0 Å². The molecule has 2 aliphatic rings. The quantitative estimate of drug-likeness (QED) is 0.715. The lowest BCUT2D eigenvalue weighted by Crippen LogP contribution is -2.52. The van der Waals surface area contributed by atoms with Crippen molar-refractivity contribution in [1.82, 2.24) is 19.5 Å². The van der Waals surface area contributed by atoms with Crippen LogP contribution in [0.4, 0.5) is 10.6 Å². The van der Waals surface area contributed by atoms with Crippen molar-refractivity contribution < 1.29 is 13.2 Å². The summed E-state index contributed by atoms with van der Waals surface area (Å²) in [6.07, 6.45) is 5.41. The second-order valence-corrected chi connectivity index (χ2v) is 10.5. The third-order valence-electron chi connectivity index (χ3n) is 5.89. The number of piperidine rings is 1. The number of nitrogens with one attached hydrogen (secondary N) is 1. The smallest absolute Gasteiger partial charge is 0.317 e. The van der Waals surface area contributed by atoms with Gasteiger partial charge in [0.2, 0.25) is 10.0 Å². The highest BCUT2D eigenvalue weighted by molar-refractivity contribution is 7.89. The summed E-state index contributed by atoms with van der Waals surface area (Å²) in [6.45, 7) is 3.61. The van der Waals surface area contributed by atoms with Gasteiger partial charge < -0.3 is 15.1 Å². The van der Waals surface area contributed by atoms with Gasteiger partial charge in [-0.25, -0.2) is 18.2 Å². The molecule has 2 saturated heterocycles. The van der Waals surface area contributed by atoms with Crippen LogP contribution in [0.5, 0.6) is 0 Å². The van der Waals surface area contributed by atoms with Gasteiger partial charge in [0, 0.05) is 57.0 Å². The maximum absolute atomic E-state index is 12.8. The molecule has 32 heavy (non-hydrogen) atoms. The number of benzene rings is 1. The summed E-state index contributed by atoms with van der Waals surface area (Å²) in [5.74, 6) is 0.955. The number of nitrogens with zero attached hydrogens (tertiary/aromatic N) is 4. The van der Waals surface area contributed by atoms with Gasteiger partial charge in [-0.3, -0.25) is 0 Å². The fraction of sp³-hybridized carbons (Fsp3) is 0.455. The molecule has 1 aromatic carbocycles. The van der Waals surface area contributed by atoms with Gasteiger partial charge in [-0.15, -0.1) is 0 Å². The molecule has 2 aromatic rings. The zero-order valence-electron chi connectivity index (χ0n) is 17.9. The largest absolute Gasteiger partial charge is 0.357 e. The zero-order chi connectivity index (χ0) is 22.6. The Morgan fingerprint density at radius 2 is 1.75 bits per heavy atom. The molecule has 0 atom stereocenters. The third kappa shape index (κ3) is 5.33. The Bertz CT molecular complexity index is 1050. The Labute approximate surface area is 194 Å². The van der Waals surface area contributed by atoms with Gasteiger partial charge in [0.15, 0.2) is 0 Å². The van der Waals surface area contributed by atoms with Gasteiger partial charge in [0.25, 0.3) is 0 Å². The molecule has 1 aromatic heterocycles. The number of amides is 2. The van der Waals surface area contributed by atoms with Crippen LogP contribution < -0.4 is 10.2 Å². The van der Waals surface area contributed by atoms with Crippen molar-refractivity contribution >= 4 is 33.5 Å². The molecule has 0 radical (unpaired) electrons. The summed E-state index contributed by atoms with van der Waals surface area (Å²) >= 11 is 5.94. The number of anilines is 1. The SMILES string of the molecule is O=C(NCc1ccnc(N2CCCCC2)c1)N1CCN(S(=O)(=O)c2cccc(Cl)c2)CC1. The highest BCUT2D eigenvalue weighted by Gasteiger charge is 2.30. The Hall–Kier alpha value is -2.36. The monoisotopic (exact) mass is 477 g/mol. The maximum Gasteiger partial charge on any atom is 0.317 e. The molecule has 3 heterocycles. The number of hydrogen-bond acceptors (Lipinski definition) is 5. The van der Waals surface area contributed by atoms with Gasteiger partial charge in [-0.1, -0.05) is 17.7 Å². The summed E-state index contributed by atoms with van der Waals surface area (Å²) in [7, 11) is -3.63. The number of aromatic nitrogens is 1. The predicted octanol–water partition coefficient (Wildman–Crippen LogP) is 2.94. The number of piperazine rings is 1. The topological polar surface area (TPSA) is 85.8 Å². The first kappa shape index (κ1) is 22.8. The molecule has 4 rings (SSSR count). The second-order valence-electron chi connectivity index (χ2n) is 8.08. The Kier molecular flexibility index (Phi) is 7.17. The Balaban J connectivity index is 1.29. The summed E-state index contributed by atoms with van der Waals surface area (Å²) in [6, 6.07) is 9.98. The van der Waals surface area contributed by atoms with Crippen molar-refractivity contribution in [2.24, 2.45) is 0 Å². The van der Waals surface area contributed by atoms with Crippen molar-refractivity contribution in [3.05, 3.63) is 53.2 Å². The highest BCUT2D eigenvalue weighted by atomic mass is 35.5. The molecule has 172 valence electrons. The number of sulfonamides is 1. The first-order valence-electron chi connectivity index (χ1n) is 10.9. The zero-order valence-corrected chi connectivity index (χ0v) is 19.5. The molecule has 10 heteroatoms. The molecule has 0 unspecified atom stereocenters. The first-order valence-corrected chi connectivity index (χ1v) is 12.7. The predicted molar refractivity (Wildman–Crippen MR) is 124 cm³/mol. The highest BCUT2D eigenvalue weighted by Crippen LogP contribution is 2.21. The van der Waals surface area contributed by atoms with Crippen molar-refractivity contribution in [2.75, 3.05) is 44.2 Å². The van der Waals surface area contributed by atoms with E-state index in [9.17, 15) is 13.2 Å². The van der Waals surface area contributed by atoms with Crippen LogP contribution in [-0.2, 0) is 16.6 Å².